The third-order valence-corrected chi connectivity index (χ3v) is 5.05. The Balaban J connectivity index is 1.86. The highest BCUT2D eigenvalue weighted by Gasteiger charge is 2.50. The van der Waals surface area contributed by atoms with Gasteiger partial charge in [-0.05, 0) is 28.8 Å². The molecule has 6 heteroatoms. The van der Waals surface area contributed by atoms with E-state index in [1.807, 2.05) is 60.7 Å². The number of carbonyl (C=O) groups excluding carboxylic acids is 1. The molecule has 2 aromatic carbocycles. The summed E-state index contributed by atoms with van der Waals surface area (Å²) >= 11 is 0. The fraction of sp³-hybridized carbons (Fsp3) is 0.136. The van der Waals surface area contributed by atoms with E-state index in [1.165, 1.54) is 4.90 Å². The van der Waals surface area contributed by atoms with Gasteiger partial charge in [0.25, 0.3) is 5.91 Å². The predicted molar refractivity (Wildman–Crippen MR) is 107 cm³/mol. The highest BCUT2D eigenvalue weighted by atomic mass is 16.5. The maximum atomic E-state index is 13.3. The Kier molecular flexibility index (Phi) is 4.31. The molecule has 0 spiro atoms. The van der Waals surface area contributed by atoms with Crippen molar-refractivity contribution in [2.45, 2.75) is 5.54 Å². The Labute approximate surface area is 163 Å². The number of nitrogens with zero attached hydrogens (tertiary/aromatic N) is 2. The number of pyridine rings is 1. The lowest BCUT2D eigenvalue weighted by Gasteiger charge is -2.28. The Morgan fingerprint density at radius 1 is 1.00 bits per heavy atom. The van der Waals surface area contributed by atoms with Gasteiger partial charge < -0.3 is 10.1 Å². The average molecular weight is 372 g/mol. The Morgan fingerprint density at radius 3 is 2.36 bits per heavy atom. The van der Waals surface area contributed by atoms with Crippen molar-refractivity contribution in [1.29, 1.82) is 5.41 Å². The molecule has 0 bridgehead atoms. The zero-order valence-corrected chi connectivity index (χ0v) is 15.6. The molecule has 3 aromatic rings. The minimum absolute atomic E-state index is 0.0744. The number of amides is 1. The normalized spacial score (nSPS) is 18.9. The summed E-state index contributed by atoms with van der Waals surface area (Å²) < 4.78 is 5.13. The number of aromatic nitrogens is 1. The molecule has 28 heavy (non-hydrogen) atoms. The predicted octanol–water partition coefficient (Wildman–Crippen LogP) is 3.00. The summed E-state index contributed by atoms with van der Waals surface area (Å²) in [5.41, 5.74) is 2.27. The molecular weight excluding hydrogens is 352 g/mol. The number of methoxy groups -OCH3 is 1. The number of ether oxygens (including phenoxy) is 1. The van der Waals surface area contributed by atoms with Crippen LogP contribution in [0.3, 0.4) is 0 Å². The first kappa shape index (κ1) is 17.7. The van der Waals surface area contributed by atoms with Crippen molar-refractivity contribution in [2.24, 2.45) is 0 Å². The molecule has 0 aliphatic carbocycles. The molecule has 1 aliphatic rings. The van der Waals surface area contributed by atoms with E-state index in [-0.39, 0.29) is 11.9 Å². The van der Waals surface area contributed by atoms with Gasteiger partial charge in [0.2, 0.25) is 5.88 Å². The molecule has 140 valence electrons. The van der Waals surface area contributed by atoms with Gasteiger partial charge in [-0.15, -0.1) is 0 Å². The van der Waals surface area contributed by atoms with Crippen LogP contribution < -0.4 is 10.1 Å². The van der Waals surface area contributed by atoms with E-state index < -0.39 is 5.54 Å². The van der Waals surface area contributed by atoms with E-state index in [1.54, 1.807) is 26.4 Å². The lowest BCUT2D eigenvalue weighted by atomic mass is 9.81. The maximum absolute atomic E-state index is 13.3. The van der Waals surface area contributed by atoms with E-state index in [0.29, 0.717) is 5.88 Å². The van der Waals surface area contributed by atoms with Gasteiger partial charge in [-0.25, -0.2) is 4.98 Å². The van der Waals surface area contributed by atoms with Crippen molar-refractivity contribution in [2.75, 3.05) is 14.2 Å². The monoisotopic (exact) mass is 372 g/mol. The molecule has 0 saturated carbocycles. The van der Waals surface area contributed by atoms with Crippen molar-refractivity contribution in [3.05, 3.63) is 84.1 Å². The van der Waals surface area contributed by atoms with E-state index in [2.05, 4.69) is 10.3 Å². The highest BCUT2D eigenvalue weighted by Crippen LogP contribution is 2.37. The molecule has 1 aliphatic heterocycles. The summed E-state index contributed by atoms with van der Waals surface area (Å²) in [5, 5.41) is 11.3. The summed E-state index contributed by atoms with van der Waals surface area (Å²) in [5.74, 6) is 0.433. The molecule has 2 heterocycles. The van der Waals surface area contributed by atoms with Gasteiger partial charge in [0.05, 0.1) is 7.11 Å². The summed E-state index contributed by atoms with van der Waals surface area (Å²) in [7, 11) is 3.19. The van der Waals surface area contributed by atoms with E-state index >= 15 is 0 Å². The van der Waals surface area contributed by atoms with E-state index in [0.717, 1.165) is 22.3 Å². The zero-order valence-electron chi connectivity index (χ0n) is 15.6. The summed E-state index contributed by atoms with van der Waals surface area (Å²) in [6, 6.07) is 21.0. The van der Waals surface area contributed by atoms with Crippen molar-refractivity contribution in [3.63, 3.8) is 0 Å². The van der Waals surface area contributed by atoms with Gasteiger partial charge in [-0.2, -0.15) is 0 Å². The van der Waals surface area contributed by atoms with Crippen LogP contribution in [0.5, 0.6) is 5.88 Å². The first-order valence-electron chi connectivity index (χ1n) is 8.87. The highest BCUT2D eigenvalue weighted by molar-refractivity contribution is 6.10. The topological polar surface area (TPSA) is 78.3 Å². The molecule has 4 rings (SSSR count). The van der Waals surface area contributed by atoms with Gasteiger partial charge in [0.1, 0.15) is 0 Å². The number of benzene rings is 2. The molecule has 0 radical (unpaired) electrons. The smallest absolute Gasteiger partial charge is 0.264 e. The second-order valence-corrected chi connectivity index (χ2v) is 6.62. The van der Waals surface area contributed by atoms with Crippen LogP contribution in [0.4, 0.5) is 0 Å². The molecule has 2 N–H and O–H groups in total. The second kappa shape index (κ2) is 6.81. The fourth-order valence-electron chi connectivity index (χ4n) is 3.52. The number of hydrogen-bond donors (Lipinski definition) is 2. The summed E-state index contributed by atoms with van der Waals surface area (Å²) in [4.78, 5) is 18.9. The molecule has 1 fully saturated rings. The third kappa shape index (κ3) is 2.70. The van der Waals surface area contributed by atoms with Gasteiger partial charge in [0, 0.05) is 24.9 Å². The SMILES string of the molecule is COc1ccc(-c2cccc(C3(c4ccccc4)NC(=N)N(C)C3=O)c2)cn1. The largest absolute Gasteiger partial charge is 0.481 e. The van der Waals surface area contributed by atoms with Crippen LogP contribution in [0, 0.1) is 5.41 Å². The number of guanidine groups is 1. The summed E-state index contributed by atoms with van der Waals surface area (Å²) in [6.45, 7) is 0. The molecule has 1 unspecified atom stereocenters. The molecular formula is C22H20N4O2. The molecule has 1 atom stereocenters. The van der Waals surface area contributed by atoms with Crippen LogP contribution >= 0.6 is 0 Å². The van der Waals surface area contributed by atoms with Crippen LogP contribution in [0.15, 0.2) is 72.9 Å². The van der Waals surface area contributed by atoms with E-state index in [9.17, 15) is 4.79 Å². The Morgan fingerprint density at radius 2 is 1.75 bits per heavy atom. The van der Waals surface area contributed by atoms with Crippen LogP contribution in [0.2, 0.25) is 0 Å². The Bertz CT molecular complexity index is 1030. The van der Waals surface area contributed by atoms with Gasteiger partial charge >= 0.3 is 0 Å². The van der Waals surface area contributed by atoms with Crippen LogP contribution in [-0.2, 0) is 10.3 Å². The molecule has 1 aromatic heterocycles. The maximum Gasteiger partial charge on any atom is 0.264 e. The van der Waals surface area contributed by atoms with Gasteiger partial charge in [-0.3, -0.25) is 15.1 Å². The average Bonchev–Trinajstić information content (AvgIpc) is 2.99. The van der Waals surface area contributed by atoms with Crippen LogP contribution in [0.1, 0.15) is 11.1 Å². The lowest BCUT2D eigenvalue weighted by Crippen LogP contribution is -2.45. The van der Waals surface area contributed by atoms with Crippen LogP contribution in [-0.4, -0.2) is 35.9 Å². The van der Waals surface area contributed by atoms with Gasteiger partial charge in [-0.1, -0.05) is 48.5 Å². The second-order valence-electron chi connectivity index (χ2n) is 6.62. The van der Waals surface area contributed by atoms with Crippen molar-refractivity contribution >= 4 is 11.9 Å². The van der Waals surface area contributed by atoms with Crippen molar-refractivity contribution < 1.29 is 9.53 Å². The van der Waals surface area contributed by atoms with Crippen molar-refractivity contribution in [3.8, 4) is 17.0 Å². The summed E-state index contributed by atoms with van der Waals surface area (Å²) in [6.07, 6.45) is 1.74. The van der Waals surface area contributed by atoms with E-state index in [4.69, 9.17) is 10.1 Å². The molecule has 1 amide bonds. The third-order valence-electron chi connectivity index (χ3n) is 5.05. The number of rotatable bonds is 4. The minimum Gasteiger partial charge on any atom is -0.481 e. The first-order chi connectivity index (χ1) is 13.6. The van der Waals surface area contributed by atoms with Crippen LogP contribution in [0.25, 0.3) is 11.1 Å². The molecule has 6 nitrogen and oxygen atoms in total. The standard InChI is InChI=1S/C22H20N4O2/c1-26-20(27)22(25-21(26)23,17-8-4-3-5-9-17)18-10-6-7-15(13-18)16-11-12-19(28-2)24-14-16/h3-14H,1-2H3,(H2,23,25). The minimum atomic E-state index is -1.14. The quantitative estimate of drug-likeness (QED) is 0.738. The first-order valence-corrected chi connectivity index (χ1v) is 8.87. The fourth-order valence-corrected chi connectivity index (χ4v) is 3.52. The van der Waals surface area contributed by atoms with Gasteiger partial charge in [0.15, 0.2) is 11.5 Å². The number of hydrogen-bond acceptors (Lipinski definition) is 4. The zero-order chi connectivity index (χ0) is 19.7. The number of carbonyl (C=O) groups is 1. The van der Waals surface area contributed by atoms with Crippen molar-refractivity contribution in [1.82, 2.24) is 15.2 Å². The number of nitrogens with one attached hydrogen (secondary N) is 2. The Hall–Kier alpha value is -3.67. The molecule has 1 saturated heterocycles. The number of likely N-dealkylation sites (N-methyl/N-ethyl adjacent to an activating group) is 1. The lowest BCUT2D eigenvalue weighted by molar-refractivity contribution is -0.129.